The van der Waals surface area contributed by atoms with Gasteiger partial charge in [-0.15, -0.1) is 0 Å². The Morgan fingerprint density at radius 3 is 2.68 bits per heavy atom. The molecule has 0 unspecified atom stereocenters. The Morgan fingerprint density at radius 2 is 1.89 bits per heavy atom. The zero-order valence-electron chi connectivity index (χ0n) is 15.0. The second-order valence-electron chi connectivity index (χ2n) is 6.90. The van der Waals surface area contributed by atoms with Crippen molar-refractivity contribution >= 4 is 5.91 Å². The Hall–Kier alpha value is -3.09. The fourth-order valence-corrected chi connectivity index (χ4v) is 3.60. The molecule has 0 radical (unpaired) electrons. The number of H-pyrrole nitrogens is 1. The Labute approximate surface area is 160 Å². The van der Waals surface area contributed by atoms with E-state index in [-0.39, 0.29) is 17.3 Å². The van der Waals surface area contributed by atoms with E-state index in [1.54, 1.807) is 29.2 Å². The molecule has 1 amide bonds. The molecular formula is C21H18F3N3O. The van der Waals surface area contributed by atoms with Crippen molar-refractivity contribution in [1.29, 1.82) is 0 Å². The number of rotatable bonds is 3. The Kier molecular flexibility index (Phi) is 4.90. The van der Waals surface area contributed by atoms with Gasteiger partial charge in [0.25, 0.3) is 5.91 Å². The average Bonchev–Trinajstić information content (AvgIpc) is 3.18. The first-order valence-electron chi connectivity index (χ1n) is 9.07. The van der Waals surface area contributed by atoms with E-state index in [0.717, 1.165) is 24.6 Å². The number of aromatic amines is 1. The highest BCUT2D eigenvalue weighted by molar-refractivity contribution is 5.94. The highest BCUT2D eigenvalue weighted by Crippen LogP contribution is 2.30. The largest absolute Gasteiger partial charge is 0.338 e. The van der Waals surface area contributed by atoms with E-state index in [1.165, 1.54) is 12.1 Å². The van der Waals surface area contributed by atoms with E-state index in [4.69, 9.17) is 0 Å². The predicted molar refractivity (Wildman–Crippen MR) is 98.2 cm³/mol. The number of likely N-dealkylation sites (tertiary alicyclic amines) is 1. The van der Waals surface area contributed by atoms with Crippen molar-refractivity contribution < 1.29 is 18.0 Å². The van der Waals surface area contributed by atoms with Crippen molar-refractivity contribution in [3.63, 3.8) is 0 Å². The third kappa shape index (κ3) is 3.52. The lowest BCUT2D eigenvalue weighted by atomic mass is 9.93. The van der Waals surface area contributed by atoms with Crippen molar-refractivity contribution in [2.75, 3.05) is 13.1 Å². The minimum Gasteiger partial charge on any atom is -0.338 e. The number of hydrogen-bond donors (Lipinski definition) is 1. The summed E-state index contributed by atoms with van der Waals surface area (Å²) in [6.45, 7) is 0.884. The number of piperidine rings is 1. The molecule has 1 fully saturated rings. The van der Waals surface area contributed by atoms with E-state index in [2.05, 4.69) is 10.2 Å². The summed E-state index contributed by atoms with van der Waals surface area (Å²) in [5.74, 6) is -2.42. The van der Waals surface area contributed by atoms with Crippen LogP contribution in [-0.4, -0.2) is 34.1 Å². The molecule has 0 bridgehead atoms. The second-order valence-corrected chi connectivity index (χ2v) is 6.90. The van der Waals surface area contributed by atoms with Gasteiger partial charge in [-0.1, -0.05) is 12.1 Å². The number of aromatic nitrogens is 2. The van der Waals surface area contributed by atoms with Crippen molar-refractivity contribution in [2.45, 2.75) is 18.8 Å². The van der Waals surface area contributed by atoms with Gasteiger partial charge in [-0.2, -0.15) is 5.10 Å². The molecule has 2 heterocycles. The zero-order valence-corrected chi connectivity index (χ0v) is 15.0. The Balaban J connectivity index is 1.53. The molecule has 2 aromatic carbocycles. The van der Waals surface area contributed by atoms with Gasteiger partial charge in [-0.25, -0.2) is 13.2 Å². The molecule has 28 heavy (non-hydrogen) atoms. The van der Waals surface area contributed by atoms with Gasteiger partial charge in [0.1, 0.15) is 17.5 Å². The number of nitrogens with zero attached hydrogens (tertiary/aromatic N) is 2. The number of carbonyl (C=O) groups excluding carboxylic acids is 1. The highest BCUT2D eigenvalue weighted by Gasteiger charge is 2.28. The van der Waals surface area contributed by atoms with Crippen molar-refractivity contribution in [3.8, 4) is 11.3 Å². The first kappa shape index (κ1) is 18.3. The van der Waals surface area contributed by atoms with E-state index >= 15 is 0 Å². The predicted octanol–water partition coefficient (Wildman–Crippen LogP) is 4.51. The zero-order chi connectivity index (χ0) is 19.7. The van der Waals surface area contributed by atoms with Crippen LogP contribution in [0.5, 0.6) is 0 Å². The van der Waals surface area contributed by atoms with Crippen LogP contribution in [0.3, 0.4) is 0 Å². The Bertz CT molecular complexity index is 1020. The van der Waals surface area contributed by atoms with Crippen LogP contribution in [0.2, 0.25) is 0 Å². The molecule has 0 spiro atoms. The van der Waals surface area contributed by atoms with Gasteiger partial charge >= 0.3 is 0 Å². The third-order valence-electron chi connectivity index (χ3n) is 5.06. The third-order valence-corrected chi connectivity index (χ3v) is 5.06. The maximum atomic E-state index is 14.0. The maximum Gasteiger partial charge on any atom is 0.256 e. The molecule has 4 nitrogen and oxygen atoms in total. The summed E-state index contributed by atoms with van der Waals surface area (Å²) in [7, 11) is 0. The molecule has 1 atom stereocenters. The minimum atomic E-state index is -0.865. The Morgan fingerprint density at radius 1 is 1.07 bits per heavy atom. The van der Waals surface area contributed by atoms with Gasteiger partial charge in [-0.3, -0.25) is 9.89 Å². The molecule has 1 aromatic heterocycles. The SMILES string of the molecule is O=C(c1ccc(F)cc1F)N1CCC[C@H](c2cc(-c3ccccc3F)n[nH]2)C1. The lowest BCUT2D eigenvalue weighted by Crippen LogP contribution is -2.39. The van der Waals surface area contributed by atoms with Gasteiger partial charge in [0, 0.05) is 36.3 Å². The summed E-state index contributed by atoms with van der Waals surface area (Å²) in [4.78, 5) is 14.2. The summed E-state index contributed by atoms with van der Waals surface area (Å²) in [5, 5.41) is 7.15. The van der Waals surface area contributed by atoms with Crippen LogP contribution in [-0.2, 0) is 0 Å². The van der Waals surface area contributed by atoms with Crippen molar-refractivity contribution in [1.82, 2.24) is 15.1 Å². The molecule has 1 aliphatic rings. The van der Waals surface area contributed by atoms with Crippen molar-refractivity contribution in [3.05, 3.63) is 77.2 Å². The van der Waals surface area contributed by atoms with Crippen LogP contribution >= 0.6 is 0 Å². The number of nitrogens with one attached hydrogen (secondary N) is 1. The number of halogens is 3. The molecule has 0 saturated carbocycles. The molecule has 1 aliphatic heterocycles. The van der Waals surface area contributed by atoms with Crippen LogP contribution in [0.25, 0.3) is 11.3 Å². The smallest absolute Gasteiger partial charge is 0.256 e. The summed E-state index contributed by atoms with van der Waals surface area (Å²) in [5.41, 5.74) is 1.57. The summed E-state index contributed by atoms with van der Waals surface area (Å²) >= 11 is 0. The van der Waals surface area contributed by atoms with Gasteiger partial charge in [0.15, 0.2) is 0 Å². The van der Waals surface area contributed by atoms with Crippen LogP contribution in [0, 0.1) is 17.5 Å². The monoisotopic (exact) mass is 385 g/mol. The van der Waals surface area contributed by atoms with Gasteiger partial charge in [0.05, 0.1) is 11.3 Å². The number of benzene rings is 2. The molecule has 7 heteroatoms. The number of carbonyl (C=O) groups is 1. The van der Waals surface area contributed by atoms with Crippen molar-refractivity contribution in [2.24, 2.45) is 0 Å². The van der Waals surface area contributed by atoms with Gasteiger partial charge in [-0.05, 0) is 43.2 Å². The fraction of sp³-hybridized carbons (Fsp3) is 0.238. The highest BCUT2D eigenvalue weighted by atomic mass is 19.1. The van der Waals surface area contributed by atoms with Gasteiger partial charge in [0.2, 0.25) is 0 Å². The number of hydrogen-bond acceptors (Lipinski definition) is 2. The molecule has 0 aliphatic carbocycles. The lowest BCUT2D eigenvalue weighted by molar-refractivity contribution is 0.0701. The summed E-state index contributed by atoms with van der Waals surface area (Å²) < 4.78 is 41.0. The fourth-order valence-electron chi connectivity index (χ4n) is 3.60. The van der Waals surface area contributed by atoms with Crippen LogP contribution in [0.15, 0.2) is 48.5 Å². The minimum absolute atomic E-state index is 0.0192. The van der Waals surface area contributed by atoms with Crippen LogP contribution < -0.4 is 0 Å². The summed E-state index contributed by atoms with van der Waals surface area (Å²) in [6, 6.07) is 11.1. The second kappa shape index (κ2) is 7.50. The van der Waals surface area contributed by atoms with E-state index in [1.807, 2.05) is 0 Å². The molecule has 144 valence electrons. The summed E-state index contributed by atoms with van der Waals surface area (Å²) in [6.07, 6.45) is 1.57. The van der Waals surface area contributed by atoms with Gasteiger partial charge < -0.3 is 4.90 Å². The molecule has 1 N–H and O–H groups in total. The first-order chi connectivity index (χ1) is 13.5. The van der Waals surface area contributed by atoms with E-state index in [9.17, 15) is 18.0 Å². The standard InChI is InChI=1S/C21H18F3N3O/c22-14-7-8-16(18(24)10-14)21(28)27-9-3-4-13(12-27)19-11-20(26-25-19)15-5-1-2-6-17(15)23/h1-2,5-8,10-11,13H,3-4,9,12H2,(H,25,26)/t13-/m0/s1. The molecule has 3 aromatic rings. The normalized spacial score (nSPS) is 17.0. The quantitative estimate of drug-likeness (QED) is 0.721. The van der Waals surface area contributed by atoms with E-state index < -0.39 is 17.5 Å². The molecular weight excluding hydrogens is 367 g/mol. The first-order valence-corrected chi connectivity index (χ1v) is 9.07. The maximum absolute atomic E-state index is 14.0. The topological polar surface area (TPSA) is 49.0 Å². The molecule has 1 saturated heterocycles. The number of amides is 1. The molecule has 4 rings (SSSR count). The van der Waals surface area contributed by atoms with E-state index in [0.29, 0.717) is 30.4 Å². The average molecular weight is 385 g/mol. The van der Waals surface area contributed by atoms with Crippen LogP contribution in [0.1, 0.15) is 34.8 Å². The lowest BCUT2D eigenvalue weighted by Gasteiger charge is -2.32. The van der Waals surface area contributed by atoms with Crippen LogP contribution in [0.4, 0.5) is 13.2 Å².